The van der Waals surface area contributed by atoms with Gasteiger partial charge in [0.25, 0.3) is 0 Å². The second kappa shape index (κ2) is 5.61. The van der Waals surface area contributed by atoms with Crippen LogP contribution in [0, 0.1) is 5.82 Å². The van der Waals surface area contributed by atoms with E-state index in [-0.39, 0.29) is 11.9 Å². The third-order valence-corrected chi connectivity index (χ3v) is 3.54. The summed E-state index contributed by atoms with van der Waals surface area (Å²) in [6.07, 6.45) is 0. The summed E-state index contributed by atoms with van der Waals surface area (Å²) in [5.74, 6) is 0.838. The third kappa shape index (κ3) is 2.52. The van der Waals surface area contributed by atoms with Crippen LogP contribution in [0.4, 0.5) is 10.1 Å². The second-order valence-electron chi connectivity index (χ2n) is 4.91. The quantitative estimate of drug-likeness (QED) is 0.911. The molecular formula is C16H17FN2O2. The molecule has 1 heterocycles. The van der Waals surface area contributed by atoms with E-state index in [4.69, 9.17) is 15.2 Å². The molecule has 1 unspecified atom stereocenters. The molecule has 4 nitrogen and oxygen atoms in total. The zero-order valence-corrected chi connectivity index (χ0v) is 11.7. The zero-order valence-electron chi connectivity index (χ0n) is 11.7. The fraction of sp³-hybridized carbons (Fsp3) is 0.250. The Hall–Kier alpha value is -2.27. The minimum absolute atomic E-state index is 0.0106. The molecular weight excluding hydrogens is 271 g/mol. The SMILES string of the molecule is COc1ccccc1-c1cc(F)cc2c1NC(CN)CO2. The fourth-order valence-electron chi connectivity index (χ4n) is 2.49. The number of methoxy groups -OCH3 is 1. The summed E-state index contributed by atoms with van der Waals surface area (Å²) in [5.41, 5.74) is 7.96. The molecule has 0 radical (unpaired) electrons. The van der Waals surface area contributed by atoms with Crippen molar-refractivity contribution in [3.63, 3.8) is 0 Å². The van der Waals surface area contributed by atoms with Gasteiger partial charge in [0, 0.05) is 23.7 Å². The maximum atomic E-state index is 13.9. The molecule has 0 fully saturated rings. The highest BCUT2D eigenvalue weighted by Gasteiger charge is 2.23. The van der Waals surface area contributed by atoms with Gasteiger partial charge in [-0.15, -0.1) is 0 Å². The van der Waals surface area contributed by atoms with Crippen LogP contribution in [0.2, 0.25) is 0 Å². The van der Waals surface area contributed by atoms with Crippen molar-refractivity contribution in [2.24, 2.45) is 5.73 Å². The van der Waals surface area contributed by atoms with Gasteiger partial charge in [-0.3, -0.25) is 0 Å². The molecule has 21 heavy (non-hydrogen) atoms. The lowest BCUT2D eigenvalue weighted by molar-refractivity contribution is 0.285. The van der Waals surface area contributed by atoms with Crippen LogP contribution in [0.15, 0.2) is 36.4 Å². The summed E-state index contributed by atoms with van der Waals surface area (Å²) >= 11 is 0. The number of nitrogens with one attached hydrogen (secondary N) is 1. The molecule has 0 spiro atoms. The molecule has 0 bridgehead atoms. The first-order chi connectivity index (χ1) is 10.2. The molecule has 110 valence electrons. The number of nitrogens with two attached hydrogens (primary N) is 1. The van der Waals surface area contributed by atoms with Gasteiger partial charge in [0.05, 0.1) is 18.8 Å². The lowest BCUT2D eigenvalue weighted by atomic mass is 10.00. The van der Waals surface area contributed by atoms with Gasteiger partial charge in [0.2, 0.25) is 0 Å². The van der Waals surface area contributed by atoms with Gasteiger partial charge in [-0.2, -0.15) is 0 Å². The number of benzene rings is 2. The third-order valence-electron chi connectivity index (χ3n) is 3.54. The molecule has 3 rings (SSSR count). The average Bonchev–Trinajstić information content (AvgIpc) is 2.53. The van der Waals surface area contributed by atoms with Gasteiger partial charge >= 0.3 is 0 Å². The number of para-hydroxylation sites is 1. The van der Waals surface area contributed by atoms with Crippen molar-refractivity contribution in [2.45, 2.75) is 6.04 Å². The smallest absolute Gasteiger partial charge is 0.146 e. The fourth-order valence-corrected chi connectivity index (χ4v) is 2.49. The maximum Gasteiger partial charge on any atom is 0.146 e. The van der Waals surface area contributed by atoms with E-state index in [1.807, 2.05) is 24.3 Å². The lowest BCUT2D eigenvalue weighted by Gasteiger charge is -2.28. The zero-order chi connectivity index (χ0) is 14.8. The molecule has 0 saturated heterocycles. The highest BCUT2D eigenvalue weighted by molar-refractivity contribution is 5.86. The maximum absolute atomic E-state index is 13.9. The molecule has 0 aromatic heterocycles. The van der Waals surface area contributed by atoms with Gasteiger partial charge in [-0.1, -0.05) is 18.2 Å². The molecule has 2 aromatic rings. The van der Waals surface area contributed by atoms with Gasteiger partial charge in [0.15, 0.2) is 0 Å². The van der Waals surface area contributed by atoms with Crippen LogP contribution in [0.5, 0.6) is 11.5 Å². The Morgan fingerprint density at radius 2 is 2.14 bits per heavy atom. The van der Waals surface area contributed by atoms with Crippen LogP contribution in [-0.2, 0) is 0 Å². The summed E-state index contributed by atoms with van der Waals surface area (Å²) < 4.78 is 24.9. The average molecular weight is 288 g/mol. The number of hydrogen-bond donors (Lipinski definition) is 2. The van der Waals surface area contributed by atoms with E-state index >= 15 is 0 Å². The summed E-state index contributed by atoms with van der Waals surface area (Å²) in [7, 11) is 1.59. The lowest BCUT2D eigenvalue weighted by Crippen LogP contribution is -2.38. The Kier molecular flexibility index (Phi) is 3.66. The van der Waals surface area contributed by atoms with Crippen LogP contribution in [0.25, 0.3) is 11.1 Å². The van der Waals surface area contributed by atoms with Crippen molar-refractivity contribution in [3.8, 4) is 22.6 Å². The number of rotatable bonds is 3. The second-order valence-corrected chi connectivity index (χ2v) is 4.91. The molecule has 1 aliphatic rings. The van der Waals surface area contributed by atoms with E-state index in [9.17, 15) is 4.39 Å². The Bertz CT molecular complexity index is 661. The highest BCUT2D eigenvalue weighted by atomic mass is 19.1. The Balaban J connectivity index is 2.16. The summed E-state index contributed by atoms with van der Waals surface area (Å²) in [5, 5.41) is 3.32. The number of ether oxygens (including phenoxy) is 2. The van der Waals surface area contributed by atoms with Gasteiger partial charge in [-0.05, 0) is 12.1 Å². The minimum Gasteiger partial charge on any atom is -0.496 e. The molecule has 1 aliphatic heterocycles. The van der Waals surface area contributed by atoms with E-state index < -0.39 is 0 Å². The number of halogens is 1. The van der Waals surface area contributed by atoms with Gasteiger partial charge in [0.1, 0.15) is 23.9 Å². The van der Waals surface area contributed by atoms with E-state index in [1.54, 1.807) is 7.11 Å². The van der Waals surface area contributed by atoms with E-state index in [2.05, 4.69) is 5.32 Å². The van der Waals surface area contributed by atoms with Crippen molar-refractivity contribution in [1.82, 2.24) is 0 Å². The summed E-state index contributed by atoms with van der Waals surface area (Å²) in [6.45, 7) is 0.875. The summed E-state index contributed by atoms with van der Waals surface area (Å²) in [4.78, 5) is 0. The van der Waals surface area contributed by atoms with Crippen molar-refractivity contribution in [1.29, 1.82) is 0 Å². The predicted octanol–water partition coefficient (Wildman–Crippen LogP) is 2.63. The van der Waals surface area contributed by atoms with Crippen molar-refractivity contribution >= 4 is 5.69 Å². The highest BCUT2D eigenvalue weighted by Crippen LogP contribution is 2.42. The molecule has 1 atom stereocenters. The topological polar surface area (TPSA) is 56.5 Å². The van der Waals surface area contributed by atoms with Crippen LogP contribution < -0.4 is 20.5 Å². The largest absolute Gasteiger partial charge is 0.496 e. The van der Waals surface area contributed by atoms with E-state index in [0.29, 0.717) is 30.2 Å². The molecule has 3 N–H and O–H groups in total. The number of hydrogen-bond acceptors (Lipinski definition) is 4. The molecule has 0 saturated carbocycles. The first-order valence-corrected chi connectivity index (χ1v) is 6.79. The molecule has 5 heteroatoms. The van der Waals surface area contributed by atoms with Crippen molar-refractivity contribution < 1.29 is 13.9 Å². The predicted molar refractivity (Wildman–Crippen MR) is 80.3 cm³/mol. The molecule has 2 aromatic carbocycles. The first kappa shape index (κ1) is 13.7. The molecule has 0 amide bonds. The van der Waals surface area contributed by atoms with Crippen LogP contribution in [0.1, 0.15) is 0 Å². The Labute approximate surface area is 122 Å². The van der Waals surface area contributed by atoms with Gasteiger partial charge in [-0.25, -0.2) is 4.39 Å². The monoisotopic (exact) mass is 288 g/mol. The molecule has 0 aliphatic carbocycles. The van der Waals surface area contributed by atoms with Gasteiger partial charge < -0.3 is 20.5 Å². The number of anilines is 1. The van der Waals surface area contributed by atoms with E-state index in [1.165, 1.54) is 12.1 Å². The van der Waals surface area contributed by atoms with Crippen LogP contribution >= 0.6 is 0 Å². The standard InChI is InChI=1S/C16H17FN2O2/c1-20-14-5-3-2-4-12(14)13-6-10(17)7-15-16(13)19-11(8-18)9-21-15/h2-7,11,19H,8-9,18H2,1H3. The number of fused-ring (bicyclic) bond motifs is 1. The van der Waals surface area contributed by atoms with Crippen LogP contribution in [-0.4, -0.2) is 26.3 Å². The summed E-state index contributed by atoms with van der Waals surface area (Å²) in [6, 6.07) is 10.4. The Morgan fingerprint density at radius 1 is 1.33 bits per heavy atom. The van der Waals surface area contributed by atoms with Crippen molar-refractivity contribution in [3.05, 3.63) is 42.2 Å². The Morgan fingerprint density at radius 3 is 2.90 bits per heavy atom. The van der Waals surface area contributed by atoms with Crippen molar-refractivity contribution in [2.75, 3.05) is 25.6 Å². The minimum atomic E-state index is -0.345. The first-order valence-electron chi connectivity index (χ1n) is 6.79. The normalized spacial score (nSPS) is 16.6. The van der Waals surface area contributed by atoms with Crippen LogP contribution in [0.3, 0.4) is 0 Å². The van der Waals surface area contributed by atoms with E-state index in [0.717, 1.165) is 11.3 Å².